The summed E-state index contributed by atoms with van der Waals surface area (Å²) in [7, 11) is 2.40. The van der Waals surface area contributed by atoms with Gasteiger partial charge in [-0.3, -0.25) is 19.7 Å². The molecule has 0 N–H and O–H groups in total. The standard InChI is InChI=1S/C13H15NO6/c1-19-12(15)11(13(16)20-2)8-5-9-3-6-10(7-4-9)14(17)18/h3-4,6-7,11H,5,8H2,1-2H3. The Hall–Kier alpha value is -2.44. The van der Waals surface area contributed by atoms with Crippen LogP contribution in [0.3, 0.4) is 0 Å². The van der Waals surface area contributed by atoms with E-state index in [1.54, 1.807) is 12.1 Å². The number of carbonyl (C=O) groups is 2. The van der Waals surface area contributed by atoms with Gasteiger partial charge in [-0.15, -0.1) is 0 Å². The van der Waals surface area contributed by atoms with Crippen LogP contribution in [-0.4, -0.2) is 31.1 Å². The summed E-state index contributed by atoms with van der Waals surface area (Å²) in [5, 5.41) is 10.5. The van der Waals surface area contributed by atoms with Crippen molar-refractivity contribution in [2.24, 2.45) is 5.92 Å². The smallest absolute Gasteiger partial charge is 0.320 e. The molecule has 0 unspecified atom stereocenters. The van der Waals surface area contributed by atoms with E-state index in [1.807, 2.05) is 0 Å². The predicted molar refractivity (Wildman–Crippen MR) is 68.9 cm³/mol. The van der Waals surface area contributed by atoms with Crippen molar-refractivity contribution in [1.82, 2.24) is 0 Å². The number of hydrogen-bond acceptors (Lipinski definition) is 6. The van der Waals surface area contributed by atoms with Gasteiger partial charge in [0, 0.05) is 12.1 Å². The Labute approximate surface area is 115 Å². The minimum atomic E-state index is -0.986. The van der Waals surface area contributed by atoms with Crippen molar-refractivity contribution in [2.45, 2.75) is 12.8 Å². The van der Waals surface area contributed by atoms with E-state index >= 15 is 0 Å². The van der Waals surface area contributed by atoms with Gasteiger partial charge in [-0.05, 0) is 18.4 Å². The van der Waals surface area contributed by atoms with Gasteiger partial charge in [-0.25, -0.2) is 0 Å². The highest BCUT2D eigenvalue weighted by atomic mass is 16.6. The quantitative estimate of drug-likeness (QED) is 0.339. The number of methoxy groups -OCH3 is 2. The lowest BCUT2D eigenvalue weighted by atomic mass is 9.99. The Balaban J connectivity index is 2.69. The van der Waals surface area contributed by atoms with Gasteiger partial charge in [0.15, 0.2) is 5.92 Å². The largest absolute Gasteiger partial charge is 0.468 e. The minimum absolute atomic E-state index is 0.00811. The second-order valence-corrected chi connectivity index (χ2v) is 4.06. The number of benzene rings is 1. The van der Waals surface area contributed by atoms with E-state index in [0.717, 1.165) is 5.56 Å². The van der Waals surface area contributed by atoms with Crippen LogP contribution in [0.25, 0.3) is 0 Å². The number of rotatable bonds is 6. The fraction of sp³-hybridized carbons (Fsp3) is 0.385. The van der Waals surface area contributed by atoms with Crippen molar-refractivity contribution >= 4 is 17.6 Å². The van der Waals surface area contributed by atoms with Crippen molar-refractivity contribution in [3.05, 3.63) is 39.9 Å². The Morgan fingerprint density at radius 2 is 1.65 bits per heavy atom. The highest BCUT2D eigenvalue weighted by molar-refractivity contribution is 5.94. The number of carbonyl (C=O) groups excluding carboxylic acids is 2. The zero-order valence-corrected chi connectivity index (χ0v) is 11.2. The zero-order valence-electron chi connectivity index (χ0n) is 11.2. The molecule has 7 heteroatoms. The van der Waals surface area contributed by atoms with Crippen LogP contribution >= 0.6 is 0 Å². The molecule has 0 aromatic heterocycles. The summed E-state index contributed by atoms with van der Waals surface area (Å²) in [5.41, 5.74) is 0.777. The monoisotopic (exact) mass is 281 g/mol. The second-order valence-electron chi connectivity index (χ2n) is 4.06. The third-order valence-electron chi connectivity index (χ3n) is 2.84. The second kappa shape index (κ2) is 7.22. The van der Waals surface area contributed by atoms with E-state index < -0.39 is 22.8 Å². The lowest BCUT2D eigenvalue weighted by molar-refractivity contribution is -0.384. The molecule has 0 atom stereocenters. The van der Waals surface area contributed by atoms with E-state index in [0.29, 0.717) is 6.42 Å². The van der Waals surface area contributed by atoms with Gasteiger partial charge in [-0.1, -0.05) is 12.1 Å². The lowest BCUT2D eigenvalue weighted by Crippen LogP contribution is -2.27. The molecule has 0 radical (unpaired) electrons. The molecular weight excluding hydrogens is 266 g/mol. The maximum atomic E-state index is 11.5. The molecule has 0 fully saturated rings. The summed E-state index contributed by atoms with van der Waals surface area (Å²) in [6.07, 6.45) is 0.629. The first kappa shape index (κ1) is 15.6. The van der Waals surface area contributed by atoms with Crippen LogP contribution in [0.2, 0.25) is 0 Å². The number of nitro benzene ring substituents is 1. The SMILES string of the molecule is COC(=O)C(CCc1ccc([N+](=O)[O-])cc1)C(=O)OC. The summed E-state index contributed by atoms with van der Waals surface area (Å²) < 4.78 is 9.09. The number of nitro groups is 1. The molecule has 1 rings (SSSR count). The predicted octanol–water partition coefficient (Wildman–Crippen LogP) is 1.49. The summed E-state index contributed by atoms with van der Waals surface area (Å²) >= 11 is 0. The highest BCUT2D eigenvalue weighted by Gasteiger charge is 2.28. The number of ether oxygens (including phenoxy) is 2. The topological polar surface area (TPSA) is 95.7 Å². The molecule has 0 amide bonds. The molecule has 20 heavy (non-hydrogen) atoms. The van der Waals surface area contributed by atoms with Crippen LogP contribution < -0.4 is 0 Å². The molecule has 0 bridgehead atoms. The van der Waals surface area contributed by atoms with E-state index in [9.17, 15) is 19.7 Å². The summed E-state index contributed by atoms with van der Waals surface area (Å²) in [6, 6.07) is 5.93. The maximum Gasteiger partial charge on any atom is 0.320 e. The van der Waals surface area contributed by atoms with Gasteiger partial charge in [0.05, 0.1) is 19.1 Å². The van der Waals surface area contributed by atoms with Crippen molar-refractivity contribution in [1.29, 1.82) is 0 Å². The molecule has 0 aliphatic rings. The van der Waals surface area contributed by atoms with Gasteiger partial charge >= 0.3 is 11.9 Å². The third-order valence-corrected chi connectivity index (χ3v) is 2.84. The first-order chi connectivity index (χ1) is 9.49. The van der Waals surface area contributed by atoms with E-state index in [2.05, 4.69) is 9.47 Å². The van der Waals surface area contributed by atoms with E-state index in [-0.39, 0.29) is 12.1 Å². The molecule has 0 aliphatic carbocycles. The molecule has 1 aromatic carbocycles. The van der Waals surface area contributed by atoms with E-state index in [1.165, 1.54) is 26.4 Å². The number of non-ortho nitro benzene ring substituents is 1. The molecule has 108 valence electrons. The molecular formula is C13H15NO6. The highest BCUT2D eigenvalue weighted by Crippen LogP contribution is 2.16. The average molecular weight is 281 g/mol. The Morgan fingerprint density at radius 1 is 1.15 bits per heavy atom. The summed E-state index contributed by atoms with van der Waals surface area (Å²) in [4.78, 5) is 33.0. The zero-order chi connectivity index (χ0) is 15.1. The molecule has 0 saturated heterocycles. The number of esters is 2. The van der Waals surface area contributed by atoms with E-state index in [4.69, 9.17) is 0 Å². The van der Waals surface area contributed by atoms with Crippen LogP contribution in [-0.2, 0) is 25.5 Å². The fourth-order valence-electron chi connectivity index (χ4n) is 1.71. The minimum Gasteiger partial charge on any atom is -0.468 e. The van der Waals surface area contributed by atoms with Crippen LogP contribution in [0.5, 0.6) is 0 Å². The van der Waals surface area contributed by atoms with Crippen LogP contribution in [0.1, 0.15) is 12.0 Å². The summed E-state index contributed by atoms with van der Waals surface area (Å²) in [5.74, 6) is -2.29. The molecule has 0 heterocycles. The Kier molecular flexibility index (Phi) is 5.64. The first-order valence-corrected chi connectivity index (χ1v) is 5.88. The van der Waals surface area contributed by atoms with Crippen molar-refractivity contribution in [3.8, 4) is 0 Å². The van der Waals surface area contributed by atoms with Crippen molar-refractivity contribution < 1.29 is 24.0 Å². The summed E-state index contributed by atoms with van der Waals surface area (Å²) in [6.45, 7) is 0. The van der Waals surface area contributed by atoms with Gasteiger partial charge in [-0.2, -0.15) is 0 Å². The van der Waals surface area contributed by atoms with Gasteiger partial charge in [0.25, 0.3) is 5.69 Å². The van der Waals surface area contributed by atoms with Gasteiger partial charge < -0.3 is 9.47 Å². The maximum absolute atomic E-state index is 11.5. The molecule has 0 aliphatic heterocycles. The first-order valence-electron chi connectivity index (χ1n) is 5.88. The average Bonchev–Trinajstić information content (AvgIpc) is 2.47. The number of aryl methyl sites for hydroxylation is 1. The molecule has 1 aromatic rings. The molecule has 0 spiro atoms. The fourth-order valence-corrected chi connectivity index (χ4v) is 1.71. The third kappa shape index (κ3) is 4.04. The lowest BCUT2D eigenvalue weighted by Gasteiger charge is -2.12. The number of hydrogen-bond donors (Lipinski definition) is 0. The van der Waals surface area contributed by atoms with Crippen LogP contribution in [0.4, 0.5) is 5.69 Å². The molecule has 7 nitrogen and oxygen atoms in total. The van der Waals surface area contributed by atoms with Crippen molar-refractivity contribution in [2.75, 3.05) is 14.2 Å². The van der Waals surface area contributed by atoms with Gasteiger partial charge in [0.1, 0.15) is 0 Å². The molecule has 0 saturated carbocycles. The van der Waals surface area contributed by atoms with Crippen LogP contribution in [0.15, 0.2) is 24.3 Å². The number of nitrogens with zero attached hydrogens (tertiary/aromatic N) is 1. The van der Waals surface area contributed by atoms with Gasteiger partial charge in [0.2, 0.25) is 0 Å². The Bertz CT molecular complexity index is 480. The normalized spacial score (nSPS) is 10.2. The van der Waals surface area contributed by atoms with Crippen LogP contribution in [0, 0.1) is 16.0 Å². The van der Waals surface area contributed by atoms with Crippen molar-refractivity contribution in [3.63, 3.8) is 0 Å². The Morgan fingerprint density at radius 3 is 2.05 bits per heavy atom.